The third-order valence-corrected chi connectivity index (χ3v) is 3.53. The standard InChI is InChI=1S/C14H24N2OS/c1-4-6-17-14-8-12(15)7-13(9-14)16-11(3)10-18-5-2/h7-9,11,16H,4-6,10,15H2,1-3H3. The Morgan fingerprint density at radius 1 is 1.33 bits per heavy atom. The van der Waals surface area contributed by atoms with Gasteiger partial charge in [0, 0.05) is 35.3 Å². The zero-order valence-electron chi connectivity index (χ0n) is 11.5. The molecule has 18 heavy (non-hydrogen) atoms. The predicted octanol–water partition coefficient (Wildman–Crippen LogP) is 3.61. The Kier molecular flexibility index (Phi) is 6.80. The molecule has 0 fully saturated rings. The molecular formula is C14H24N2OS. The van der Waals surface area contributed by atoms with Crippen LogP contribution in [-0.2, 0) is 0 Å². The van der Waals surface area contributed by atoms with Gasteiger partial charge >= 0.3 is 0 Å². The molecule has 0 amide bonds. The van der Waals surface area contributed by atoms with Gasteiger partial charge in [0.2, 0.25) is 0 Å². The molecule has 0 aromatic heterocycles. The van der Waals surface area contributed by atoms with E-state index in [2.05, 4.69) is 26.1 Å². The Balaban J connectivity index is 2.61. The summed E-state index contributed by atoms with van der Waals surface area (Å²) in [6.07, 6.45) is 1.00. The van der Waals surface area contributed by atoms with E-state index < -0.39 is 0 Å². The summed E-state index contributed by atoms with van der Waals surface area (Å²) in [5, 5.41) is 3.45. The van der Waals surface area contributed by atoms with Gasteiger partial charge < -0.3 is 15.8 Å². The Morgan fingerprint density at radius 3 is 2.78 bits per heavy atom. The van der Waals surface area contributed by atoms with Crippen LogP contribution in [-0.4, -0.2) is 24.2 Å². The lowest BCUT2D eigenvalue weighted by molar-refractivity contribution is 0.318. The Morgan fingerprint density at radius 2 is 2.11 bits per heavy atom. The van der Waals surface area contributed by atoms with E-state index in [-0.39, 0.29) is 0 Å². The fourth-order valence-corrected chi connectivity index (χ4v) is 2.30. The van der Waals surface area contributed by atoms with Crippen LogP contribution < -0.4 is 15.8 Å². The summed E-state index contributed by atoms with van der Waals surface area (Å²) >= 11 is 1.93. The van der Waals surface area contributed by atoms with Crippen molar-refractivity contribution < 1.29 is 4.74 Å². The second-order valence-electron chi connectivity index (χ2n) is 4.34. The van der Waals surface area contributed by atoms with E-state index >= 15 is 0 Å². The van der Waals surface area contributed by atoms with Crippen molar-refractivity contribution in [2.75, 3.05) is 29.2 Å². The largest absolute Gasteiger partial charge is 0.493 e. The first-order valence-electron chi connectivity index (χ1n) is 6.53. The van der Waals surface area contributed by atoms with Crippen LogP contribution in [0, 0.1) is 0 Å². The van der Waals surface area contributed by atoms with Crippen LogP contribution in [0.2, 0.25) is 0 Å². The second-order valence-corrected chi connectivity index (χ2v) is 5.66. The zero-order chi connectivity index (χ0) is 13.4. The molecule has 0 heterocycles. The van der Waals surface area contributed by atoms with Crippen molar-refractivity contribution in [3.63, 3.8) is 0 Å². The molecule has 0 saturated heterocycles. The summed E-state index contributed by atoms with van der Waals surface area (Å²) < 4.78 is 5.61. The lowest BCUT2D eigenvalue weighted by Crippen LogP contribution is -2.18. The smallest absolute Gasteiger partial charge is 0.123 e. The van der Waals surface area contributed by atoms with Crippen LogP contribution in [0.1, 0.15) is 27.2 Å². The highest BCUT2D eigenvalue weighted by Gasteiger charge is 2.04. The summed E-state index contributed by atoms with van der Waals surface area (Å²) in [5.41, 5.74) is 7.65. The number of ether oxygens (including phenoxy) is 1. The fraction of sp³-hybridized carbons (Fsp3) is 0.571. The van der Waals surface area contributed by atoms with Gasteiger partial charge in [-0.3, -0.25) is 0 Å². The molecule has 0 aliphatic heterocycles. The number of nitrogens with one attached hydrogen (secondary N) is 1. The fourth-order valence-electron chi connectivity index (χ4n) is 1.63. The summed E-state index contributed by atoms with van der Waals surface area (Å²) in [7, 11) is 0. The molecule has 0 radical (unpaired) electrons. The first-order chi connectivity index (χ1) is 8.65. The number of anilines is 2. The van der Waals surface area contributed by atoms with Crippen LogP contribution in [0.4, 0.5) is 11.4 Å². The Bertz CT molecular complexity index is 358. The molecular weight excluding hydrogens is 244 g/mol. The number of hydrogen-bond donors (Lipinski definition) is 2. The number of nitrogen functional groups attached to an aromatic ring is 1. The van der Waals surface area contributed by atoms with Gasteiger partial charge in [-0.25, -0.2) is 0 Å². The van der Waals surface area contributed by atoms with Crippen molar-refractivity contribution in [1.82, 2.24) is 0 Å². The van der Waals surface area contributed by atoms with E-state index in [0.29, 0.717) is 6.04 Å². The maximum atomic E-state index is 5.88. The van der Waals surface area contributed by atoms with Gasteiger partial charge in [-0.2, -0.15) is 11.8 Å². The number of nitrogens with two attached hydrogens (primary N) is 1. The first-order valence-corrected chi connectivity index (χ1v) is 7.68. The van der Waals surface area contributed by atoms with Crippen molar-refractivity contribution in [2.24, 2.45) is 0 Å². The maximum absolute atomic E-state index is 5.88. The molecule has 0 spiro atoms. The summed E-state index contributed by atoms with van der Waals surface area (Å²) in [6.45, 7) is 7.17. The average molecular weight is 268 g/mol. The minimum atomic E-state index is 0.427. The molecule has 3 N–H and O–H groups in total. The molecule has 0 bridgehead atoms. The number of thioether (sulfide) groups is 1. The molecule has 1 atom stereocenters. The topological polar surface area (TPSA) is 47.3 Å². The van der Waals surface area contributed by atoms with Gasteiger partial charge in [0.15, 0.2) is 0 Å². The van der Waals surface area contributed by atoms with Crippen molar-refractivity contribution >= 4 is 23.1 Å². The molecule has 0 aliphatic rings. The lowest BCUT2D eigenvalue weighted by Gasteiger charge is -2.16. The molecule has 1 aromatic carbocycles. The molecule has 3 nitrogen and oxygen atoms in total. The maximum Gasteiger partial charge on any atom is 0.123 e. The van der Waals surface area contributed by atoms with E-state index in [1.807, 2.05) is 30.0 Å². The van der Waals surface area contributed by atoms with E-state index in [1.54, 1.807) is 0 Å². The van der Waals surface area contributed by atoms with Gasteiger partial charge in [-0.1, -0.05) is 13.8 Å². The average Bonchev–Trinajstić information content (AvgIpc) is 2.33. The van der Waals surface area contributed by atoms with Crippen molar-refractivity contribution in [2.45, 2.75) is 33.2 Å². The number of hydrogen-bond acceptors (Lipinski definition) is 4. The van der Waals surface area contributed by atoms with Crippen LogP contribution >= 0.6 is 11.8 Å². The Labute approximate surface area is 114 Å². The van der Waals surface area contributed by atoms with E-state index in [1.165, 1.54) is 0 Å². The van der Waals surface area contributed by atoms with E-state index in [0.717, 1.165) is 41.7 Å². The molecule has 0 saturated carbocycles. The van der Waals surface area contributed by atoms with Crippen LogP contribution in [0.3, 0.4) is 0 Å². The highest BCUT2D eigenvalue weighted by molar-refractivity contribution is 7.99. The Hall–Kier alpha value is -1.03. The van der Waals surface area contributed by atoms with Crippen LogP contribution in [0.5, 0.6) is 5.75 Å². The zero-order valence-corrected chi connectivity index (χ0v) is 12.3. The van der Waals surface area contributed by atoms with Gasteiger partial charge in [0.1, 0.15) is 5.75 Å². The molecule has 1 rings (SSSR count). The monoisotopic (exact) mass is 268 g/mol. The van der Waals surface area contributed by atoms with Crippen molar-refractivity contribution in [1.29, 1.82) is 0 Å². The quantitative estimate of drug-likeness (QED) is 0.707. The molecule has 1 unspecified atom stereocenters. The van der Waals surface area contributed by atoms with Crippen molar-refractivity contribution in [3.8, 4) is 5.75 Å². The molecule has 1 aromatic rings. The first kappa shape index (κ1) is 15.0. The summed E-state index contributed by atoms with van der Waals surface area (Å²) in [6, 6.07) is 6.26. The minimum Gasteiger partial charge on any atom is -0.493 e. The number of rotatable bonds is 8. The van der Waals surface area contributed by atoms with Crippen molar-refractivity contribution in [3.05, 3.63) is 18.2 Å². The van der Waals surface area contributed by atoms with Gasteiger partial charge in [0.25, 0.3) is 0 Å². The third-order valence-electron chi connectivity index (χ3n) is 2.39. The molecule has 102 valence electrons. The van der Waals surface area contributed by atoms with Crippen LogP contribution in [0.15, 0.2) is 18.2 Å². The van der Waals surface area contributed by atoms with Crippen LogP contribution in [0.25, 0.3) is 0 Å². The highest BCUT2D eigenvalue weighted by Crippen LogP contribution is 2.23. The highest BCUT2D eigenvalue weighted by atomic mass is 32.2. The normalized spacial score (nSPS) is 12.2. The van der Waals surface area contributed by atoms with Gasteiger partial charge in [-0.15, -0.1) is 0 Å². The third kappa shape index (κ3) is 5.54. The summed E-state index contributed by atoms with van der Waals surface area (Å²) in [5.74, 6) is 3.08. The number of benzene rings is 1. The SMILES string of the molecule is CCCOc1cc(N)cc(NC(C)CSCC)c1. The van der Waals surface area contributed by atoms with Gasteiger partial charge in [-0.05, 0) is 25.2 Å². The van der Waals surface area contributed by atoms with E-state index in [4.69, 9.17) is 10.5 Å². The molecule has 0 aliphatic carbocycles. The van der Waals surface area contributed by atoms with Gasteiger partial charge in [0.05, 0.1) is 6.61 Å². The predicted molar refractivity (Wildman–Crippen MR) is 82.7 cm³/mol. The lowest BCUT2D eigenvalue weighted by atomic mass is 10.2. The minimum absolute atomic E-state index is 0.427. The summed E-state index contributed by atoms with van der Waals surface area (Å²) in [4.78, 5) is 0. The van der Waals surface area contributed by atoms with E-state index in [9.17, 15) is 0 Å². The molecule has 4 heteroatoms. The second kappa shape index (κ2) is 8.14.